The lowest BCUT2D eigenvalue weighted by Gasteiger charge is -2.50. The molecule has 0 bridgehead atoms. The van der Waals surface area contributed by atoms with Crippen LogP contribution in [0.15, 0.2) is 11.1 Å². The molecule has 114 valence electrons. The molecule has 1 unspecified atom stereocenters. The maximum atomic E-state index is 12.3. The van der Waals surface area contributed by atoms with Gasteiger partial charge >= 0.3 is 0 Å². The van der Waals surface area contributed by atoms with Gasteiger partial charge in [0.05, 0.1) is 0 Å². The molecule has 1 N–H and O–H groups in total. The molecule has 2 fully saturated rings. The summed E-state index contributed by atoms with van der Waals surface area (Å²) in [6, 6.07) is 0. The standard InChI is InChI=1S/C18H24O3/c1-18-7-6-11-12(14(18)4-5-17(18)21)3-2-10-8-15(19)16(20)9-13(10)11/h11-12,14-15,19H,2-9H2,1H3/t11-,12+,14-,15?,18-/m0/s1. The maximum Gasteiger partial charge on any atom is 0.165 e. The topological polar surface area (TPSA) is 54.4 Å². The highest BCUT2D eigenvalue weighted by molar-refractivity contribution is 5.88. The van der Waals surface area contributed by atoms with Crippen LogP contribution in [0, 0.1) is 23.2 Å². The summed E-state index contributed by atoms with van der Waals surface area (Å²) in [6.07, 6.45) is 6.31. The average molecular weight is 288 g/mol. The first-order chi connectivity index (χ1) is 10.0. The zero-order valence-electron chi connectivity index (χ0n) is 12.7. The van der Waals surface area contributed by atoms with Crippen LogP contribution in [0.3, 0.4) is 0 Å². The van der Waals surface area contributed by atoms with E-state index in [1.54, 1.807) is 0 Å². The number of hydrogen-bond acceptors (Lipinski definition) is 3. The van der Waals surface area contributed by atoms with Crippen molar-refractivity contribution in [1.82, 2.24) is 0 Å². The largest absolute Gasteiger partial charge is 0.385 e. The molecular formula is C18H24O3. The second-order valence-electron chi connectivity index (χ2n) is 7.83. The number of carbonyl (C=O) groups excluding carboxylic acids is 2. The number of fused-ring (bicyclic) bond motifs is 4. The van der Waals surface area contributed by atoms with E-state index in [1.165, 1.54) is 11.1 Å². The molecule has 0 saturated heterocycles. The monoisotopic (exact) mass is 288 g/mol. The molecule has 0 heterocycles. The van der Waals surface area contributed by atoms with Crippen molar-refractivity contribution in [1.29, 1.82) is 0 Å². The normalized spacial score (nSPS) is 46.2. The van der Waals surface area contributed by atoms with Gasteiger partial charge in [-0.15, -0.1) is 0 Å². The molecule has 4 aliphatic rings. The Morgan fingerprint density at radius 1 is 1.14 bits per heavy atom. The molecule has 0 aromatic rings. The third kappa shape index (κ3) is 1.82. The Kier molecular flexibility index (Phi) is 2.94. The number of carbonyl (C=O) groups is 2. The molecule has 4 rings (SSSR count). The Morgan fingerprint density at radius 3 is 2.76 bits per heavy atom. The van der Waals surface area contributed by atoms with Gasteiger partial charge in [0, 0.05) is 24.7 Å². The number of allylic oxidation sites excluding steroid dienone is 1. The fraction of sp³-hybridized carbons (Fsp3) is 0.778. The van der Waals surface area contributed by atoms with Crippen LogP contribution in [-0.2, 0) is 9.59 Å². The average Bonchev–Trinajstić information content (AvgIpc) is 2.76. The van der Waals surface area contributed by atoms with Crippen molar-refractivity contribution in [2.75, 3.05) is 0 Å². The highest BCUT2D eigenvalue weighted by atomic mass is 16.3. The number of Topliss-reactive ketones (excluding diaryl/α,β-unsaturated/α-hetero) is 2. The number of rotatable bonds is 0. The van der Waals surface area contributed by atoms with E-state index in [0.29, 0.717) is 36.4 Å². The number of hydrogen-bond donors (Lipinski definition) is 1. The van der Waals surface area contributed by atoms with Crippen LogP contribution in [-0.4, -0.2) is 22.8 Å². The molecule has 0 aromatic heterocycles. The summed E-state index contributed by atoms with van der Waals surface area (Å²) in [5, 5.41) is 9.81. The van der Waals surface area contributed by atoms with E-state index in [0.717, 1.165) is 38.5 Å². The molecule has 0 spiro atoms. The van der Waals surface area contributed by atoms with Crippen molar-refractivity contribution in [3.05, 3.63) is 11.1 Å². The minimum atomic E-state index is -0.762. The number of ketones is 2. The summed E-state index contributed by atoms with van der Waals surface area (Å²) in [4.78, 5) is 24.2. The van der Waals surface area contributed by atoms with Gasteiger partial charge in [-0.3, -0.25) is 9.59 Å². The first kappa shape index (κ1) is 13.7. The Morgan fingerprint density at radius 2 is 1.95 bits per heavy atom. The van der Waals surface area contributed by atoms with Crippen LogP contribution in [0.4, 0.5) is 0 Å². The molecule has 2 saturated carbocycles. The highest BCUT2D eigenvalue weighted by Crippen LogP contribution is 2.59. The first-order valence-electron chi connectivity index (χ1n) is 8.45. The summed E-state index contributed by atoms with van der Waals surface area (Å²) in [5.41, 5.74) is 2.62. The zero-order valence-corrected chi connectivity index (χ0v) is 12.7. The molecule has 0 amide bonds. The fourth-order valence-corrected chi connectivity index (χ4v) is 5.80. The van der Waals surface area contributed by atoms with Gasteiger partial charge in [-0.1, -0.05) is 18.1 Å². The lowest BCUT2D eigenvalue weighted by molar-refractivity contribution is -0.131. The lowest BCUT2D eigenvalue weighted by Crippen LogP contribution is -2.45. The van der Waals surface area contributed by atoms with Gasteiger partial charge in [-0.2, -0.15) is 0 Å². The van der Waals surface area contributed by atoms with E-state index in [2.05, 4.69) is 6.92 Å². The second kappa shape index (κ2) is 4.52. The van der Waals surface area contributed by atoms with Gasteiger partial charge in [-0.25, -0.2) is 0 Å². The van der Waals surface area contributed by atoms with Crippen molar-refractivity contribution in [3.63, 3.8) is 0 Å². The lowest BCUT2D eigenvalue weighted by atomic mass is 9.54. The van der Waals surface area contributed by atoms with Gasteiger partial charge in [0.15, 0.2) is 5.78 Å². The molecule has 5 atom stereocenters. The quantitative estimate of drug-likeness (QED) is 0.697. The highest BCUT2D eigenvalue weighted by Gasteiger charge is 2.55. The van der Waals surface area contributed by atoms with Gasteiger partial charge < -0.3 is 5.11 Å². The SMILES string of the molecule is C[C@]12CC[C@@H]3C4=C(CC[C@H]3[C@@H]1CCC2=O)CC(O)C(=O)C4. The Labute approximate surface area is 125 Å². The number of aliphatic hydroxyl groups is 1. The van der Waals surface area contributed by atoms with Crippen molar-refractivity contribution < 1.29 is 14.7 Å². The van der Waals surface area contributed by atoms with Gasteiger partial charge in [-0.05, 0) is 49.9 Å². The minimum Gasteiger partial charge on any atom is -0.385 e. The van der Waals surface area contributed by atoms with Crippen molar-refractivity contribution >= 4 is 11.6 Å². The summed E-state index contributed by atoms with van der Waals surface area (Å²) >= 11 is 0. The molecule has 0 aliphatic heterocycles. The summed E-state index contributed by atoms with van der Waals surface area (Å²) < 4.78 is 0. The van der Waals surface area contributed by atoms with Crippen molar-refractivity contribution in [2.45, 2.75) is 64.4 Å². The Balaban J connectivity index is 1.67. The van der Waals surface area contributed by atoms with E-state index < -0.39 is 6.10 Å². The smallest absolute Gasteiger partial charge is 0.165 e. The molecule has 0 radical (unpaired) electrons. The second-order valence-corrected chi connectivity index (χ2v) is 7.83. The molecule has 3 heteroatoms. The van der Waals surface area contributed by atoms with E-state index in [4.69, 9.17) is 0 Å². The van der Waals surface area contributed by atoms with E-state index in [9.17, 15) is 14.7 Å². The van der Waals surface area contributed by atoms with Gasteiger partial charge in [0.2, 0.25) is 0 Å². The third-order valence-corrected chi connectivity index (χ3v) is 7.00. The van der Waals surface area contributed by atoms with Gasteiger partial charge in [0.25, 0.3) is 0 Å². The Hall–Kier alpha value is -0.960. The fourth-order valence-electron chi connectivity index (χ4n) is 5.80. The first-order valence-corrected chi connectivity index (χ1v) is 8.45. The van der Waals surface area contributed by atoms with Crippen LogP contribution in [0.5, 0.6) is 0 Å². The maximum absolute atomic E-state index is 12.3. The molecule has 21 heavy (non-hydrogen) atoms. The summed E-state index contributed by atoms with van der Waals surface area (Å²) in [6.45, 7) is 2.18. The predicted molar refractivity (Wildman–Crippen MR) is 78.6 cm³/mol. The molecule has 4 aliphatic carbocycles. The predicted octanol–water partition coefficient (Wildman–Crippen LogP) is 2.81. The zero-order chi connectivity index (χ0) is 14.8. The van der Waals surface area contributed by atoms with Crippen LogP contribution < -0.4 is 0 Å². The number of aliphatic hydroxyl groups excluding tert-OH is 1. The van der Waals surface area contributed by atoms with Crippen molar-refractivity contribution in [3.8, 4) is 0 Å². The van der Waals surface area contributed by atoms with Crippen LogP contribution in [0.2, 0.25) is 0 Å². The Bertz CT molecular complexity index is 547. The van der Waals surface area contributed by atoms with Crippen LogP contribution in [0.25, 0.3) is 0 Å². The third-order valence-electron chi connectivity index (χ3n) is 7.00. The van der Waals surface area contributed by atoms with Crippen LogP contribution >= 0.6 is 0 Å². The minimum absolute atomic E-state index is 0.00485. The van der Waals surface area contributed by atoms with E-state index >= 15 is 0 Å². The molecule has 0 aromatic carbocycles. The molecular weight excluding hydrogens is 264 g/mol. The van der Waals surface area contributed by atoms with Crippen molar-refractivity contribution in [2.24, 2.45) is 23.2 Å². The summed E-state index contributed by atoms with van der Waals surface area (Å²) in [7, 11) is 0. The van der Waals surface area contributed by atoms with Crippen LogP contribution in [0.1, 0.15) is 58.3 Å². The molecule has 3 nitrogen and oxygen atoms in total. The summed E-state index contributed by atoms with van der Waals surface area (Å²) in [5.74, 6) is 2.11. The van der Waals surface area contributed by atoms with Gasteiger partial charge in [0.1, 0.15) is 11.9 Å². The van der Waals surface area contributed by atoms with E-state index in [1.807, 2.05) is 0 Å². The van der Waals surface area contributed by atoms with E-state index in [-0.39, 0.29) is 11.2 Å².